The highest BCUT2D eigenvalue weighted by Gasteiger charge is 2.40. The first-order valence-electron chi connectivity index (χ1n) is 23.2. The van der Waals surface area contributed by atoms with E-state index in [0.29, 0.717) is 40.8 Å². The Labute approximate surface area is 462 Å². The molecule has 13 rings (SSSR count). The Kier molecular flexibility index (Phi) is 12.0. The van der Waals surface area contributed by atoms with Gasteiger partial charge in [0.2, 0.25) is 29.1 Å². The van der Waals surface area contributed by atoms with Crippen molar-refractivity contribution in [3.63, 3.8) is 0 Å². The number of halogens is 26. The van der Waals surface area contributed by atoms with E-state index in [1.807, 2.05) is 0 Å². The maximum atomic E-state index is 16.8. The molecule has 0 atom stereocenters. The summed E-state index contributed by atoms with van der Waals surface area (Å²) in [6.45, 7) is 0. The highest BCUT2D eigenvalue weighted by Crippen LogP contribution is 2.54. The fourth-order valence-corrected chi connectivity index (χ4v) is 11.3. The molecular formula is C55H7BrF25N5. The van der Waals surface area contributed by atoms with E-state index in [1.165, 1.54) is 0 Å². The van der Waals surface area contributed by atoms with Gasteiger partial charge in [0.1, 0.15) is 0 Å². The number of hydrogen-bond acceptors (Lipinski definition) is 3. The summed E-state index contributed by atoms with van der Waals surface area (Å²) in [7, 11) is 0. The summed E-state index contributed by atoms with van der Waals surface area (Å²) in [5.41, 5.74) is -32.7. The Morgan fingerprint density at radius 2 is 0.547 bits per heavy atom. The Hall–Kier alpha value is -9.42. The molecule has 86 heavy (non-hydrogen) atoms. The maximum absolute atomic E-state index is 16.8. The van der Waals surface area contributed by atoms with E-state index >= 15 is 96.6 Å². The van der Waals surface area contributed by atoms with Crippen LogP contribution in [0.5, 0.6) is 0 Å². The second-order valence-corrected chi connectivity index (χ2v) is 19.4. The zero-order valence-electron chi connectivity index (χ0n) is 40.1. The molecule has 1 N–H and O–H groups in total. The average molecular weight is 1290 g/mol. The van der Waals surface area contributed by atoms with E-state index in [9.17, 15) is 13.2 Å². The fourth-order valence-electron chi connectivity index (χ4n) is 10.7. The van der Waals surface area contributed by atoms with E-state index in [2.05, 4.69) is 35.9 Å². The summed E-state index contributed by atoms with van der Waals surface area (Å²) in [5.74, 6) is -70.8. The largest absolute Gasteiger partial charge is 0.354 e. The molecule has 12 aromatic rings. The van der Waals surface area contributed by atoms with Crippen LogP contribution in [-0.2, 0) is 0 Å². The highest BCUT2D eigenvalue weighted by atomic mass is 79.9. The van der Waals surface area contributed by atoms with Crippen molar-refractivity contribution in [2.75, 3.05) is 0 Å². The van der Waals surface area contributed by atoms with Gasteiger partial charge < -0.3 is 9.38 Å². The number of nitrogens with zero attached hydrogens (tertiary/aromatic N) is 4. The minimum Gasteiger partial charge on any atom is -0.354 e. The lowest BCUT2D eigenvalue weighted by Crippen LogP contribution is -2.06. The standard InChI is InChI=1S/C55H7BrF25N5/c56-25-18-24-52-16(22-32(63)42(73)49(80)43(74)33(22)64)11-5-6-12-17(23-34(65)44(75)50(81)45(76)35(23)66)54(55(24)86(11)12)85-53(25)15(21-30(61)40(71)48(79)41(72)31(21)62)10-4-2-8(83-10)13(19-26(57)36(67)46(77)37(68)27(19)58)7-1-3-9(82-7)14(51(18)84-52)20-28(59)38(69)47(78)39(70)29(20)60/h1-6,82H. The third kappa shape index (κ3) is 6.92. The summed E-state index contributed by atoms with van der Waals surface area (Å²) in [6.07, 6.45) is 0.901. The van der Waals surface area contributed by atoms with Gasteiger partial charge in [-0.1, -0.05) is 0 Å². The van der Waals surface area contributed by atoms with Crippen LogP contribution in [0.3, 0.4) is 0 Å². The third-order valence-corrected chi connectivity index (χ3v) is 15.1. The minimum atomic E-state index is -2.95. The molecule has 0 saturated carbocycles. The molecule has 0 radical (unpaired) electrons. The molecule has 0 fully saturated rings. The van der Waals surface area contributed by atoms with Crippen LogP contribution in [0.15, 0.2) is 28.7 Å². The zero-order valence-corrected chi connectivity index (χ0v) is 41.7. The lowest BCUT2D eigenvalue weighted by atomic mass is 9.97. The number of hydrogen-bond donors (Lipinski definition) is 1. The molecular weight excluding hydrogens is 1290 g/mol. The van der Waals surface area contributed by atoms with Crippen molar-refractivity contribution in [1.82, 2.24) is 24.3 Å². The molecule has 6 bridgehead atoms. The van der Waals surface area contributed by atoms with E-state index in [4.69, 9.17) is 0 Å². The van der Waals surface area contributed by atoms with Gasteiger partial charge in [-0.15, -0.1) is 0 Å². The van der Waals surface area contributed by atoms with E-state index < -0.39 is 277 Å². The van der Waals surface area contributed by atoms with Crippen LogP contribution in [-0.4, -0.2) is 24.3 Å². The maximum Gasteiger partial charge on any atom is 0.200 e. The van der Waals surface area contributed by atoms with Gasteiger partial charge in [0.15, 0.2) is 116 Å². The predicted molar refractivity (Wildman–Crippen MR) is 255 cm³/mol. The predicted octanol–water partition coefficient (Wildman–Crippen LogP) is 18.3. The number of aromatic nitrogens is 5. The van der Waals surface area contributed by atoms with Crippen LogP contribution >= 0.6 is 15.9 Å². The Morgan fingerprint density at radius 3 is 0.930 bits per heavy atom. The van der Waals surface area contributed by atoms with Crippen molar-refractivity contribution in [2.45, 2.75) is 0 Å². The molecule has 1 aliphatic heterocycles. The molecule has 0 amide bonds. The second kappa shape index (κ2) is 18.5. The summed E-state index contributed by atoms with van der Waals surface area (Å²) in [6, 6.07) is 2.18. The molecule has 1 aliphatic rings. The van der Waals surface area contributed by atoms with Crippen molar-refractivity contribution in [1.29, 1.82) is 0 Å². The monoisotopic (exact) mass is 1290 g/mol. The van der Waals surface area contributed by atoms with Crippen LogP contribution < -0.4 is 0 Å². The van der Waals surface area contributed by atoms with Crippen LogP contribution in [0.4, 0.5) is 110 Å². The molecule has 0 spiro atoms. The number of nitrogens with one attached hydrogen (secondary N) is 1. The first-order chi connectivity index (χ1) is 40.6. The Balaban J connectivity index is 1.46. The fraction of sp³-hybridized carbons (Fsp3) is 0. The number of fused-ring (bicyclic) bond motifs is 5. The van der Waals surface area contributed by atoms with Crippen LogP contribution in [0.2, 0.25) is 0 Å². The van der Waals surface area contributed by atoms with Gasteiger partial charge in [0.25, 0.3) is 0 Å². The van der Waals surface area contributed by atoms with Gasteiger partial charge in [-0.2, -0.15) is 0 Å². The topological polar surface area (TPSA) is 58.9 Å². The molecule has 7 aromatic heterocycles. The molecule has 0 saturated heterocycles. The van der Waals surface area contributed by atoms with Gasteiger partial charge in [-0.25, -0.2) is 125 Å². The van der Waals surface area contributed by atoms with Gasteiger partial charge in [0.05, 0.1) is 82.3 Å². The van der Waals surface area contributed by atoms with Crippen molar-refractivity contribution in [3.8, 4) is 55.6 Å². The van der Waals surface area contributed by atoms with Crippen LogP contribution in [0.25, 0.3) is 128 Å². The van der Waals surface area contributed by atoms with Crippen molar-refractivity contribution in [2.24, 2.45) is 0 Å². The summed E-state index contributed by atoms with van der Waals surface area (Å²) >= 11 is 2.95. The number of aromatic amines is 1. The molecule has 0 aliphatic carbocycles. The van der Waals surface area contributed by atoms with Crippen molar-refractivity contribution < 1.29 is 110 Å². The number of benzene rings is 5. The number of pyridine rings is 1. The first-order valence-corrected chi connectivity index (χ1v) is 24.0. The summed E-state index contributed by atoms with van der Waals surface area (Å²) in [5, 5.41) is -2.51. The van der Waals surface area contributed by atoms with Gasteiger partial charge in [-0.3, -0.25) is 0 Å². The molecule has 31 heteroatoms. The van der Waals surface area contributed by atoms with Gasteiger partial charge in [-0.05, 0) is 52.3 Å². The summed E-state index contributed by atoms with van der Waals surface area (Å²) in [4.78, 5) is 14.6. The second-order valence-electron chi connectivity index (χ2n) is 18.6. The Bertz CT molecular complexity index is 5180. The first kappa shape index (κ1) is 55.8. The molecule has 5 aromatic carbocycles. The lowest BCUT2D eigenvalue weighted by Gasteiger charge is -2.12. The zero-order chi connectivity index (χ0) is 61.9. The lowest BCUT2D eigenvalue weighted by molar-refractivity contribution is 0.381. The quantitative estimate of drug-likeness (QED) is 0.106. The normalized spacial score (nSPS) is 12.5. The van der Waals surface area contributed by atoms with Crippen molar-refractivity contribution >= 4 is 88.5 Å². The third-order valence-electron chi connectivity index (χ3n) is 14.3. The molecule has 5 nitrogen and oxygen atoms in total. The molecule has 434 valence electrons. The highest BCUT2D eigenvalue weighted by molar-refractivity contribution is 9.10. The average Bonchev–Trinajstić information content (AvgIpc) is 1.51. The molecule has 8 heterocycles. The summed E-state index contributed by atoms with van der Waals surface area (Å²) < 4.78 is 395. The Morgan fingerprint density at radius 1 is 0.267 bits per heavy atom. The van der Waals surface area contributed by atoms with Gasteiger partial charge >= 0.3 is 0 Å². The van der Waals surface area contributed by atoms with E-state index in [-0.39, 0.29) is 0 Å². The van der Waals surface area contributed by atoms with E-state index in [0.717, 1.165) is 0 Å². The van der Waals surface area contributed by atoms with Crippen LogP contribution in [0, 0.1) is 145 Å². The SMILES string of the molecule is Fc1c(F)c(F)c(-c2c3nc(c(-c4c(F)c(F)c(F)c(F)c4F)c4nc5c(-c6c(F)c(F)c(F)c(F)c6F)c6ccc7c(-c8c(F)c(F)c(F)c(F)c8F)c8nc(c(-c9c(F)c(F)c(F)c(F)c9F)c9ccc2[nH]9)c(c4Br)c8c5n76)C=C3)c(F)c1F. The minimum absolute atomic E-state index is 0.439. The van der Waals surface area contributed by atoms with Crippen molar-refractivity contribution in [3.05, 3.63) is 186 Å². The number of rotatable bonds is 5. The smallest absolute Gasteiger partial charge is 0.200 e. The van der Waals surface area contributed by atoms with E-state index in [1.54, 1.807) is 0 Å². The molecule has 0 unspecified atom stereocenters. The number of H-pyrrole nitrogens is 1. The van der Waals surface area contributed by atoms with Gasteiger partial charge in [0, 0.05) is 49.6 Å². The van der Waals surface area contributed by atoms with Crippen LogP contribution in [0.1, 0.15) is 11.4 Å².